The van der Waals surface area contributed by atoms with E-state index < -0.39 is 5.97 Å². The molecule has 3 aromatic heterocycles. The lowest BCUT2D eigenvalue weighted by atomic mass is 10.1. The van der Waals surface area contributed by atoms with Crippen molar-refractivity contribution in [3.05, 3.63) is 72.2 Å². The van der Waals surface area contributed by atoms with E-state index in [2.05, 4.69) is 9.97 Å². The van der Waals surface area contributed by atoms with Crippen molar-refractivity contribution in [2.45, 2.75) is 9.79 Å². The van der Waals surface area contributed by atoms with Gasteiger partial charge in [-0.2, -0.15) is 5.10 Å². The molecule has 0 aliphatic rings. The molecule has 0 bridgehead atoms. The summed E-state index contributed by atoms with van der Waals surface area (Å²) in [6.07, 6.45) is 1.49. The average molecular weight is 418 g/mol. The summed E-state index contributed by atoms with van der Waals surface area (Å²) in [5.74, 6) is -1.28. The summed E-state index contributed by atoms with van der Waals surface area (Å²) in [6.45, 7) is 0. The van der Waals surface area contributed by atoms with E-state index in [1.807, 2.05) is 31.3 Å². The lowest BCUT2D eigenvalue weighted by Crippen LogP contribution is -1.98. The Morgan fingerprint density at radius 2 is 1.97 bits per heavy atom. The van der Waals surface area contributed by atoms with Crippen molar-refractivity contribution in [2.75, 3.05) is 0 Å². The first kappa shape index (κ1) is 18.4. The van der Waals surface area contributed by atoms with Gasteiger partial charge >= 0.3 is 5.97 Å². The number of pyridine rings is 1. The zero-order chi connectivity index (χ0) is 20.8. The van der Waals surface area contributed by atoms with E-state index in [0.717, 1.165) is 32.1 Å². The highest BCUT2D eigenvalue weighted by molar-refractivity contribution is 7.99. The number of aromatic amines is 1. The van der Waals surface area contributed by atoms with Gasteiger partial charge in [0.05, 0.1) is 28.0 Å². The van der Waals surface area contributed by atoms with Crippen LogP contribution in [-0.4, -0.2) is 30.8 Å². The van der Waals surface area contributed by atoms with Gasteiger partial charge in [0.1, 0.15) is 11.3 Å². The van der Waals surface area contributed by atoms with Gasteiger partial charge in [-0.1, -0.05) is 23.9 Å². The highest BCUT2D eigenvalue weighted by atomic mass is 32.2. The number of halogens is 1. The fourth-order valence-corrected chi connectivity index (χ4v) is 4.47. The molecule has 6 nitrogen and oxygen atoms in total. The topological polar surface area (TPSA) is 83.8 Å². The number of rotatable bonds is 4. The smallest absolute Gasteiger partial charge is 0.337 e. The Bertz CT molecular complexity index is 1420. The molecule has 5 rings (SSSR count). The van der Waals surface area contributed by atoms with Crippen LogP contribution in [0.3, 0.4) is 0 Å². The van der Waals surface area contributed by atoms with E-state index >= 15 is 0 Å². The average Bonchev–Trinajstić information content (AvgIpc) is 3.29. The van der Waals surface area contributed by atoms with Crippen LogP contribution < -0.4 is 0 Å². The predicted molar refractivity (Wildman–Crippen MR) is 113 cm³/mol. The largest absolute Gasteiger partial charge is 0.478 e. The SMILES string of the molecule is Cn1nc2c(Sc3ccc(F)cc3)cccc2c1-c1cc2nccc(C(=O)O)c2[nH]1. The summed E-state index contributed by atoms with van der Waals surface area (Å²) < 4.78 is 15.0. The zero-order valence-corrected chi connectivity index (χ0v) is 16.6. The third-order valence-electron chi connectivity index (χ3n) is 4.88. The molecular formula is C22H15FN4O2S. The molecule has 0 aliphatic carbocycles. The third kappa shape index (κ3) is 3.02. The maximum Gasteiger partial charge on any atom is 0.337 e. The van der Waals surface area contributed by atoms with E-state index in [9.17, 15) is 14.3 Å². The number of nitrogens with zero attached hydrogens (tertiary/aromatic N) is 3. The van der Waals surface area contributed by atoms with Crippen LogP contribution in [0.25, 0.3) is 33.3 Å². The highest BCUT2D eigenvalue weighted by Gasteiger charge is 2.18. The normalized spacial score (nSPS) is 11.4. The fraction of sp³-hybridized carbons (Fsp3) is 0.0455. The summed E-state index contributed by atoms with van der Waals surface area (Å²) in [5.41, 5.74) is 3.61. The Balaban J connectivity index is 1.65. The van der Waals surface area contributed by atoms with Crippen molar-refractivity contribution in [1.82, 2.24) is 19.7 Å². The van der Waals surface area contributed by atoms with Gasteiger partial charge in [-0.3, -0.25) is 9.67 Å². The van der Waals surface area contributed by atoms with Crippen LogP contribution in [0.5, 0.6) is 0 Å². The summed E-state index contributed by atoms with van der Waals surface area (Å²) in [7, 11) is 1.85. The van der Waals surface area contributed by atoms with Gasteiger partial charge in [0.25, 0.3) is 0 Å². The zero-order valence-electron chi connectivity index (χ0n) is 15.8. The second kappa shape index (κ2) is 7.00. The number of aromatic nitrogens is 4. The quantitative estimate of drug-likeness (QED) is 0.424. The molecule has 0 unspecified atom stereocenters. The number of fused-ring (bicyclic) bond motifs is 2. The molecule has 0 amide bonds. The standard InChI is InChI=1S/C22H15FN4O2S/c1-27-21(17-11-16-19(25-17)15(22(28)29)9-10-24-16)14-3-2-4-18(20(14)26-27)30-13-7-5-12(23)6-8-13/h2-11,25H,1H3,(H,28,29). The highest BCUT2D eigenvalue weighted by Crippen LogP contribution is 2.37. The lowest BCUT2D eigenvalue weighted by Gasteiger charge is -2.03. The van der Waals surface area contributed by atoms with Crippen molar-refractivity contribution < 1.29 is 14.3 Å². The van der Waals surface area contributed by atoms with E-state index in [4.69, 9.17) is 5.10 Å². The predicted octanol–water partition coefficient (Wildman–Crippen LogP) is 5.11. The fourth-order valence-electron chi connectivity index (χ4n) is 3.55. The molecule has 0 saturated carbocycles. The van der Waals surface area contributed by atoms with Crippen LogP contribution in [0, 0.1) is 5.82 Å². The van der Waals surface area contributed by atoms with Crippen molar-refractivity contribution in [1.29, 1.82) is 0 Å². The van der Waals surface area contributed by atoms with E-state index in [-0.39, 0.29) is 11.4 Å². The Labute approximate surface area is 174 Å². The molecule has 2 N–H and O–H groups in total. The number of aromatic carboxylic acids is 1. The summed E-state index contributed by atoms with van der Waals surface area (Å²) in [6, 6.07) is 15.5. The van der Waals surface area contributed by atoms with Crippen LogP contribution >= 0.6 is 11.8 Å². The Hall–Kier alpha value is -3.65. The molecule has 0 aliphatic heterocycles. The number of carbonyl (C=O) groups is 1. The first-order chi connectivity index (χ1) is 14.5. The maximum atomic E-state index is 13.2. The molecular weight excluding hydrogens is 403 g/mol. The van der Waals surface area contributed by atoms with Crippen molar-refractivity contribution in [3.8, 4) is 11.4 Å². The number of carboxylic acids is 1. The summed E-state index contributed by atoms with van der Waals surface area (Å²) in [4.78, 5) is 20.9. The number of nitrogens with one attached hydrogen (secondary N) is 1. The van der Waals surface area contributed by atoms with E-state index in [0.29, 0.717) is 11.0 Å². The van der Waals surface area contributed by atoms with Gasteiger partial charge in [0.15, 0.2) is 0 Å². The molecule has 0 saturated heterocycles. The van der Waals surface area contributed by atoms with Crippen LogP contribution in [0.4, 0.5) is 4.39 Å². The monoisotopic (exact) mass is 418 g/mol. The van der Waals surface area contributed by atoms with Gasteiger partial charge in [-0.15, -0.1) is 0 Å². The molecule has 0 fully saturated rings. The second-order valence-corrected chi connectivity index (χ2v) is 7.90. The van der Waals surface area contributed by atoms with Crippen LogP contribution in [0.2, 0.25) is 0 Å². The van der Waals surface area contributed by atoms with Gasteiger partial charge in [0, 0.05) is 28.4 Å². The molecule has 148 valence electrons. The molecule has 0 radical (unpaired) electrons. The summed E-state index contributed by atoms with van der Waals surface area (Å²) >= 11 is 1.51. The second-order valence-electron chi connectivity index (χ2n) is 6.79. The van der Waals surface area contributed by atoms with Crippen LogP contribution in [0.1, 0.15) is 10.4 Å². The number of benzene rings is 2. The van der Waals surface area contributed by atoms with Crippen LogP contribution in [0.15, 0.2) is 70.6 Å². The molecule has 5 aromatic rings. The van der Waals surface area contributed by atoms with E-state index in [1.165, 1.54) is 36.2 Å². The number of aryl methyl sites for hydroxylation is 1. The minimum atomic E-state index is -1.01. The van der Waals surface area contributed by atoms with Gasteiger partial charge in [-0.25, -0.2) is 9.18 Å². The van der Waals surface area contributed by atoms with E-state index in [1.54, 1.807) is 16.8 Å². The Morgan fingerprint density at radius 3 is 2.73 bits per heavy atom. The number of H-pyrrole nitrogens is 1. The molecule has 8 heteroatoms. The summed E-state index contributed by atoms with van der Waals surface area (Å²) in [5, 5.41) is 15.1. The van der Waals surface area contributed by atoms with Crippen LogP contribution in [-0.2, 0) is 7.05 Å². The first-order valence-electron chi connectivity index (χ1n) is 9.12. The number of hydrogen-bond acceptors (Lipinski definition) is 4. The Morgan fingerprint density at radius 1 is 1.17 bits per heavy atom. The van der Waals surface area contributed by atoms with Crippen molar-refractivity contribution in [2.24, 2.45) is 7.05 Å². The Kier molecular flexibility index (Phi) is 4.29. The van der Waals surface area contributed by atoms with Crippen molar-refractivity contribution >= 4 is 39.7 Å². The lowest BCUT2D eigenvalue weighted by molar-refractivity contribution is 0.0698. The van der Waals surface area contributed by atoms with Gasteiger partial charge in [-0.05, 0) is 42.5 Å². The van der Waals surface area contributed by atoms with Gasteiger partial charge in [0.2, 0.25) is 0 Å². The number of hydrogen-bond donors (Lipinski definition) is 2. The molecule has 3 heterocycles. The minimum absolute atomic E-state index is 0.172. The first-order valence-corrected chi connectivity index (χ1v) is 9.93. The molecule has 0 spiro atoms. The minimum Gasteiger partial charge on any atom is -0.478 e. The molecule has 0 atom stereocenters. The van der Waals surface area contributed by atoms with Gasteiger partial charge < -0.3 is 10.1 Å². The molecule has 30 heavy (non-hydrogen) atoms. The van der Waals surface area contributed by atoms with Crippen molar-refractivity contribution in [3.63, 3.8) is 0 Å². The number of carboxylic acid groups (broad SMARTS) is 1. The maximum absolute atomic E-state index is 13.2. The molecule has 2 aromatic carbocycles. The third-order valence-corrected chi connectivity index (χ3v) is 5.93.